The number of aromatic nitrogens is 2. The van der Waals surface area contributed by atoms with Crippen LogP contribution in [0.5, 0.6) is 0 Å². The van der Waals surface area contributed by atoms with Gasteiger partial charge in [0.1, 0.15) is 5.69 Å². The van der Waals surface area contributed by atoms with Crippen LogP contribution in [0.2, 0.25) is 0 Å². The van der Waals surface area contributed by atoms with E-state index in [4.69, 9.17) is 18.7 Å². The fourth-order valence-corrected chi connectivity index (χ4v) is 1.36. The highest BCUT2D eigenvalue weighted by molar-refractivity contribution is 5.86. The highest BCUT2D eigenvalue weighted by Crippen LogP contribution is 2.24. The molecule has 2 rings (SSSR count). The Balaban J connectivity index is 2.47. The molecule has 0 aliphatic carbocycles. The number of carboxylic acid groups (broad SMARTS) is 1. The molecule has 2 aromatic heterocycles. The molecule has 0 aliphatic heterocycles. The van der Waals surface area contributed by atoms with Gasteiger partial charge in [0, 0.05) is 7.11 Å². The lowest BCUT2D eigenvalue weighted by atomic mass is 10.3. The second-order valence-corrected chi connectivity index (χ2v) is 3.30. The van der Waals surface area contributed by atoms with Crippen LogP contribution in [0.3, 0.4) is 0 Å². The molecule has 0 radical (unpaired) electrons. The number of nitrogens with zero attached hydrogens (tertiary/aromatic N) is 2. The van der Waals surface area contributed by atoms with Crippen LogP contribution < -0.4 is 0 Å². The van der Waals surface area contributed by atoms with Gasteiger partial charge in [-0.2, -0.15) is 0 Å². The van der Waals surface area contributed by atoms with Crippen molar-refractivity contribution >= 4 is 5.97 Å². The average molecular weight is 238 g/mol. The molecule has 90 valence electrons. The molecule has 0 unspecified atom stereocenters. The maximum absolute atomic E-state index is 10.9. The molecule has 0 amide bonds. The summed E-state index contributed by atoms with van der Waals surface area (Å²) in [4.78, 5) is 18.8. The molecule has 0 saturated carbocycles. The van der Waals surface area contributed by atoms with E-state index in [1.807, 2.05) is 0 Å². The van der Waals surface area contributed by atoms with E-state index < -0.39 is 5.97 Å². The summed E-state index contributed by atoms with van der Waals surface area (Å²) in [5.74, 6) is -1.05. The van der Waals surface area contributed by atoms with E-state index in [1.165, 1.54) is 13.5 Å². The summed E-state index contributed by atoms with van der Waals surface area (Å²) in [6.45, 7) is 1.76. The first-order valence-corrected chi connectivity index (χ1v) is 4.76. The number of ether oxygens (including phenoxy) is 1. The molecule has 17 heavy (non-hydrogen) atoms. The van der Waals surface area contributed by atoms with Crippen molar-refractivity contribution in [2.45, 2.75) is 13.5 Å². The first-order chi connectivity index (χ1) is 8.13. The van der Waals surface area contributed by atoms with Crippen molar-refractivity contribution < 1.29 is 23.5 Å². The third kappa shape index (κ3) is 2.04. The quantitative estimate of drug-likeness (QED) is 0.861. The van der Waals surface area contributed by atoms with Crippen molar-refractivity contribution in [2.24, 2.45) is 0 Å². The van der Waals surface area contributed by atoms with Crippen molar-refractivity contribution in [3.8, 4) is 11.7 Å². The Morgan fingerprint density at radius 3 is 2.88 bits per heavy atom. The van der Waals surface area contributed by atoms with Gasteiger partial charge in [0.25, 0.3) is 5.89 Å². The number of aryl methyl sites for hydroxylation is 1. The predicted molar refractivity (Wildman–Crippen MR) is 54.4 cm³/mol. The van der Waals surface area contributed by atoms with Crippen LogP contribution in [-0.2, 0) is 11.3 Å². The molecule has 0 atom stereocenters. The molecule has 0 bridgehead atoms. The maximum Gasteiger partial charge on any atom is 0.373 e. The van der Waals surface area contributed by atoms with Crippen molar-refractivity contribution in [2.75, 3.05) is 7.11 Å². The molecule has 7 nitrogen and oxygen atoms in total. The number of hydrogen-bond acceptors (Lipinski definition) is 6. The van der Waals surface area contributed by atoms with Crippen LogP contribution in [0.25, 0.3) is 11.7 Å². The van der Waals surface area contributed by atoms with Gasteiger partial charge >= 0.3 is 5.97 Å². The number of hydrogen-bond donors (Lipinski definition) is 1. The van der Waals surface area contributed by atoms with Crippen molar-refractivity contribution in [3.05, 3.63) is 23.5 Å². The molecule has 2 heterocycles. The third-order valence-corrected chi connectivity index (χ3v) is 2.11. The summed E-state index contributed by atoms with van der Waals surface area (Å²) in [6, 6.07) is 0. The summed E-state index contributed by atoms with van der Waals surface area (Å²) < 4.78 is 15.1. The van der Waals surface area contributed by atoms with E-state index >= 15 is 0 Å². The van der Waals surface area contributed by atoms with Gasteiger partial charge in [-0.25, -0.2) is 14.8 Å². The van der Waals surface area contributed by atoms with Crippen molar-refractivity contribution in [1.82, 2.24) is 9.97 Å². The van der Waals surface area contributed by atoms with E-state index in [1.54, 1.807) is 6.92 Å². The lowest BCUT2D eigenvalue weighted by Gasteiger charge is -1.92. The van der Waals surface area contributed by atoms with Gasteiger partial charge in [0.2, 0.25) is 11.5 Å². The zero-order chi connectivity index (χ0) is 12.4. The highest BCUT2D eigenvalue weighted by atomic mass is 16.5. The third-order valence-electron chi connectivity index (χ3n) is 2.11. The number of oxazole rings is 2. The summed E-state index contributed by atoms with van der Waals surface area (Å²) in [6.07, 6.45) is 1.24. The molecule has 2 aromatic rings. The van der Waals surface area contributed by atoms with E-state index in [9.17, 15) is 4.79 Å². The van der Waals surface area contributed by atoms with Gasteiger partial charge in [-0.05, 0) is 6.92 Å². The molecular formula is C10H10N2O5. The van der Waals surface area contributed by atoms with Gasteiger partial charge in [-0.3, -0.25) is 0 Å². The first-order valence-electron chi connectivity index (χ1n) is 4.76. The fraction of sp³-hybridized carbons (Fsp3) is 0.300. The topological polar surface area (TPSA) is 98.6 Å². The number of carboxylic acids is 1. The molecule has 0 aliphatic rings. The van der Waals surface area contributed by atoms with Crippen LogP contribution in [0.1, 0.15) is 21.9 Å². The minimum Gasteiger partial charge on any atom is -0.475 e. The minimum atomic E-state index is -1.20. The molecule has 0 fully saturated rings. The van der Waals surface area contributed by atoms with Crippen LogP contribution >= 0.6 is 0 Å². The maximum atomic E-state index is 10.9. The van der Waals surface area contributed by atoms with Gasteiger partial charge in [0.05, 0.1) is 12.3 Å². The van der Waals surface area contributed by atoms with Crippen molar-refractivity contribution in [1.29, 1.82) is 0 Å². The van der Waals surface area contributed by atoms with Crippen molar-refractivity contribution in [3.63, 3.8) is 0 Å². The standard InChI is InChI=1S/C10H10N2O5/c1-5-7(16-4-11-5)9-12-6(3-15-2)8(17-9)10(13)14/h4H,3H2,1-2H3,(H,13,14). The number of aromatic carboxylic acids is 1. The largest absolute Gasteiger partial charge is 0.475 e. The Labute approximate surface area is 96.0 Å². The summed E-state index contributed by atoms with van der Waals surface area (Å²) >= 11 is 0. The zero-order valence-corrected chi connectivity index (χ0v) is 9.26. The smallest absolute Gasteiger partial charge is 0.373 e. The molecule has 0 saturated heterocycles. The number of methoxy groups -OCH3 is 1. The predicted octanol–water partition coefficient (Wildman–Crippen LogP) is 1.48. The summed E-state index contributed by atoms with van der Waals surface area (Å²) in [5.41, 5.74) is 0.790. The summed E-state index contributed by atoms with van der Waals surface area (Å²) in [5, 5.41) is 8.94. The SMILES string of the molecule is COCc1nc(-c2ocnc2C)oc1C(=O)O. The average Bonchev–Trinajstić information content (AvgIpc) is 2.84. The van der Waals surface area contributed by atoms with E-state index in [2.05, 4.69) is 9.97 Å². The second-order valence-electron chi connectivity index (χ2n) is 3.30. The number of rotatable bonds is 4. The fourth-order valence-electron chi connectivity index (χ4n) is 1.36. The Kier molecular flexibility index (Phi) is 2.92. The van der Waals surface area contributed by atoms with Crippen LogP contribution in [0, 0.1) is 6.92 Å². The van der Waals surface area contributed by atoms with E-state index in [-0.39, 0.29) is 24.0 Å². The van der Waals surface area contributed by atoms with Gasteiger partial charge in [-0.15, -0.1) is 0 Å². The van der Waals surface area contributed by atoms with E-state index in [0.717, 1.165) is 0 Å². The summed E-state index contributed by atoms with van der Waals surface area (Å²) in [7, 11) is 1.44. The molecule has 7 heteroatoms. The van der Waals surface area contributed by atoms with Gasteiger partial charge < -0.3 is 18.7 Å². The van der Waals surface area contributed by atoms with E-state index in [0.29, 0.717) is 11.5 Å². The Hall–Kier alpha value is -2.15. The second kappa shape index (κ2) is 4.38. The van der Waals surface area contributed by atoms with Gasteiger partial charge in [0.15, 0.2) is 6.39 Å². The normalized spacial score (nSPS) is 10.7. The molecule has 1 N–H and O–H groups in total. The Morgan fingerprint density at radius 2 is 2.35 bits per heavy atom. The minimum absolute atomic E-state index is 0.0539. The zero-order valence-electron chi connectivity index (χ0n) is 9.26. The van der Waals surface area contributed by atoms with Crippen LogP contribution in [0.15, 0.2) is 15.2 Å². The monoisotopic (exact) mass is 238 g/mol. The van der Waals surface area contributed by atoms with Gasteiger partial charge in [-0.1, -0.05) is 0 Å². The molecule has 0 aromatic carbocycles. The first kappa shape index (κ1) is 11.3. The Morgan fingerprint density at radius 1 is 1.59 bits per heavy atom. The molecule has 0 spiro atoms. The van der Waals surface area contributed by atoms with Crippen LogP contribution in [-0.4, -0.2) is 28.2 Å². The molecular weight excluding hydrogens is 228 g/mol. The lowest BCUT2D eigenvalue weighted by Crippen LogP contribution is -2.00. The lowest BCUT2D eigenvalue weighted by molar-refractivity contribution is 0.0656. The Bertz CT molecular complexity index is 543. The highest BCUT2D eigenvalue weighted by Gasteiger charge is 2.22. The van der Waals surface area contributed by atoms with Crippen LogP contribution in [0.4, 0.5) is 0 Å². The number of carbonyl (C=O) groups is 1.